The number of benzene rings is 2. The van der Waals surface area contributed by atoms with Gasteiger partial charge in [-0.05, 0) is 49.6 Å². The highest BCUT2D eigenvalue weighted by atomic mass is 19.1. The smallest absolute Gasteiger partial charge is 0.261 e. The van der Waals surface area contributed by atoms with Gasteiger partial charge in [-0.2, -0.15) is 0 Å². The number of nitrogens with zero attached hydrogens (tertiary/aromatic N) is 3. The van der Waals surface area contributed by atoms with Gasteiger partial charge in [0, 0.05) is 49.5 Å². The molecule has 1 amide bonds. The maximum absolute atomic E-state index is 15.3. The average molecular weight is 463 g/mol. The van der Waals surface area contributed by atoms with Gasteiger partial charge >= 0.3 is 0 Å². The second kappa shape index (κ2) is 9.22. The van der Waals surface area contributed by atoms with Crippen molar-refractivity contribution < 1.29 is 9.18 Å². The van der Waals surface area contributed by atoms with Crippen molar-refractivity contribution in [1.29, 1.82) is 0 Å². The number of carbonyl (C=O) groups excluding carboxylic acids is 1. The third kappa shape index (κ3) is 4.20. The van der Waals surface area contributed by atoms with Crippen molar-refractivity contribution in [3.8, 4) is 0 Å². The molecule has 7 heteroatoms. The van der Waals surface area contributed by atoms with E-state index in [1.54, 1.807) is 12.3 Å². The molecule has 2 aliphatic rings. The van der Waals surface area contributed by atoms with Crippen molar-refractivity contribution in [3.05, 3.63) is 69.8 Å². The third-order valence-corrected chi connectivity index (χ3v) is 7.09. The molecule has 0 atom stereocenters. The number of halogens is 1. The first-order valence-electron chi connectivity index (χ1n) is 12.2. The van der Waals surface area contributed by atoms with Gasteiger partial charge in [-0.15, -0.1) is 0 Å². The van der Waals surface area contributed by atoms with Crippen LogP contribution in [0.15, 0.2) is 47.4 Å². The molecule has 2 heterocycles. The van der Waals surface area contributed by atoms with E-state index in [-0.39, 0.29) is 17.0 Å². The monoisotopic (exact) mass is 462 g/mol. The molecule has 1 saturated carbocycles. The molecule has 1 aromatic heterocycles. The highest BCUT2D eigenvalue weighted by Gasteiger charge is 2.28. The van der Waals surface area contributed by atoms with Gasteiger partial charge in [-0.25, -0.2) is 4.39 Å². The van der Waals surface area contributed by atoms with Crippen molar-refractivity contribution in [2.75, 3.05) is 42.9 Å². The van der Waals surface area contributed by atoms with Gasteiger partial charge in [0.05, 0.1) is 11.2 Å². The number of rotatable bonds is 6. The van der Waals surface area contributed by atoms with Crippen molar-refractivity contribution in [3.63, 3.8) is 0 Å². The molecular weight excluding hydrogens is 431 g/mol. The molecule has 34 heavy (non-hydrogen) atoms. The lowest BCUT2D eigenvalue weighted by atomic mass is 10.1. The van der Waals surface area contributed by atoms with Crippen LogP contribution in [0, 0.1) is 5.82 Å². The van der Waals surface area contributed by atoms with Gasteiger partial charge in [-0.1, -0.05) is 32.0 Å². The Morgan fingerprint density at radius 2 is 1.82 bits per heavy atom. The highest BCUT2D eigenvalue weighted by molar-refractivity contribution is 6.06. The van der Waals surface area contributed by atoms with Crippen LogP contribution in [0.1, 0.15) is 48.7 Å². The maximum atomic E-state index is 15.3. The Bertz CT molecular complexity index is 1290. The van der Waals surface area contributed by atoms with Gasteiger partial charge in [-0.3, -0.25) is 9.59 Å². The molecule has 0 unspecified atom stereocenters. The molecule has 0 spiro atoms. The molecule has 178 valence electrons. The summed E-state index contributed by atoms with van der Waals surface area (Å²) in [6, 6.07) is 10.9. The molecule has 0 bridgehead atoms. The zero-order chi connectivity index (χ0) is 23.8. The fraction of sp³-hybridized carbons (Fsp3) is 0.407. The number of nitrogens with one attached hydrogen (secondary N) is 1. The predicted octanol–water partition coefficient (Wildman–Crippen LogP) is 4.43. The fourth-order valence-corrected chi connectivity index (χ4v) is 4.86. The van der Waals surface area contributed by atoms with Gasteiger partial charge < -0.3 is 19.7 Å². The Morgan fingerprint density at radius 3 is 2.50 bits per heavy atom. The number of pyridine rings is 1. The lowest BCUT2D eigenvalue weighted by Gasteiger charge is -2.35. The number of likely N-dealkylation sites (N-methyl/N-ethyl adjacent to an activating group) is 1. The first kappa shape index (κ1) is 22.6. The maximum Gasteiger partial charge on any atom is 0.261 e. The molecule has 1 aliphatic carbocycles. The summed E-state index contributed by atoms with van der Waals surface area (Å²) in [5.41, 5.74) is 2.55. The standard InChI is InChI=1S/C27H31FN4O2/c1-3-18-7-5-6-8-23(18)29-27(34)21-17-32(19-9-10-19)24-16-25(22(28)15-20(24)26(21)33)31-13-11-30(4-2)12-14-31/h5-8,15-17,19H,3-4,9-14H2,1-2H3,(H,29,34). The molecule has 1 N–H and O–H groups in total. The quantitative estimate of drug-likeness (QED) is 0.589. The Hall–Kier alpha value is -3.19. The van der Waals surface area contributed by atoms with E-state index in [9.17, 15) is 9.59 Å². The van der Waals surface area contributed by atoms with Gasteiger partial charge in [0.1, 0.15) is 11.4 Å². The van der Waals surface area contributed by atoms with Crippen LogP contribution in [0.25, 0.3) is 10.9 Å². The lowest BCUT2D eigenvalue weighted by Crippen LogP contribution is -2.46. The van der Waals surface area contributed by atoms with Crippen molar-refractivity contribution in [2.45, 2.75) is 39.2 Å². The number of hydrogen-bond donors (Lipinski definition) is 1. The van der Waals surface area contributed by atoms with Gasteiger partial charge in [0.15, 0.2) is 0 Å². The van der Waals surface area contributed by atoms with Crippen LogP contribution in [0.5, 0.6) is 0 Å². The highest BCUT2D eigenvalue weighted by Crippen LogP contribution is 2.38. The molecule has 5 rings (SSSR count). The summed E-state index contributed by atoms with van der Waals surface area (Å²) in [6.45, 7) is 8.42. The predicted molar refractivity (Wildman–Crippen MR) is 135 cm³/mol. The minimum Gasteiger partial charge on any atom is -0.367 e. The molecule has 0 radical (unpaired) electrons. The Balaban J connectivity index is 1.55. The number of para-hydroxylation sites is 1. The number of carbonyl (C=O) groups is 1. The molecule has 2 aromatic carbocycles. The first-order chi connectivity index (χ1) is 16.5. The second-order valence-electron chi connectivity index (χ2n) is 9.22. The topological polar surface area (TPSA) is 57.6 Å². The molecule has 1 aliphatic heterocycles. The van der Waals surface area contributed by atoms with E-state index in [1.807, 2.05) is 35.8 Å². The third-order valence-electron chi connectivity index (χ3n) is 7.09. The van der Waals surface area contributed by atoms with Crippen LogP contribution in [0.3, 0.4) is 0 Å². The van der Waals surface area contributed by atoms with E-state index in [4.69, 9.17) is 0 Å². The molecule has 1 saturated heterocycles. The molecule has 6 nitrogen and oxygen atoms in total. The summed E-state index contributed by atoms with van der Waals surface area (Å²) in [6.07, 6.45) is 4.41. The number of aromatic nitrogens is 1. The van der Waals surface area contributed by atoms with Crippen LogP contribution >= 0.6 is 0 Å². The largest absolute Gasteiger partial charge is 0.367 e. The fourth-order valence-electron chi connectivity index (χ4n) is 4.86. The number of amides is 1. The van der Waals surface area contributed by atoms with Crippen LogP contribution < -0.4 is 15.6 Å². The lowest BCUT2D eigenvalue weighted by molar-refractivity contribution is 0.102. The number of hydrogen-bond acceptors (Lipinski definition) is 4. The van der Waals surface area contributed by atoms with Crippen LogP contribution in [0.2, 0.25) is 0 Å². The summed E-state index contributed by atoms with van der Waals surface area (Å²) in [4.78, 5) is 30.9. The Kier molecular flexibility index (Phi) is 6.13. The zero-order valence-corrected chi connectivity index (χ0v) is 19.8. The molecular formula is C27H31FN4O2. The van der Waals surface area contributed by atoms with E-state index in [0.29, 0.717) is 16.9 Å². The summed E-state index contributed by atoms with van der Waals surface area (Å²) < 4.78 is 17.3. The van der Waals surface area contributed by atoms with Crippen LogP contribution in [0.4, 0.5) is 15.8 Å². The summed E-state index contributed by atoms with van der Waals surface area (Å²) in [5, 5.41) is 3.16. The van der Waals surface area contributed by atoms with E-state index < -0.39 is 17.2 Å². The Morgan fingerprint density at radius 1 is 1.09 bits per heavy atom. The Labute approximate surface area is 199 Å². The minimum atomic E-state index is -0.456. The SMILES string of the molecule is CCc1ccccc1NC(=O)c1cn(C2CC2)c2cc(N3CCN(CC)CC3)c(F)cc2c1=O. The normalized spacial score (nSPS) is 16.7. The van der Waals surface area contributed by atoms with Crippen LogP contribution in [-0.4, -0.2) is 48.1 Å². The minimum absolute atomic E-state index is 0.0500. The summed E-state index contributed by atoms with van der Waals surface area (Å²) >= 11 is 0. The summed E-state index contributed by atoms with van der Waals surface area (Å²) in [7, 11) is 0. The van der Waals surface area contributed by atoms with E-state index in [0.717, 1.165) is 57.5 Å². The number of aryl methyl sites for hydroxylation is 1. The van der Waals surface area contributed by atoms with E-state index in [2.05, 4.69) is 22.0 Å². The second-order valence-corrected chi connectivity index (χ2v) is 9.22. The number of anilines is 2. The molecule has 2 fully saturated rings. The van der Waals surface area contributed by atoms with Gasteiger partial charge in [0.2, 0.25) is 5.43 Å². The van der Waals surface area contributed by atoms with Crippen molar-refractivity contribution in [1.82, 2.24) is 9.47 Å². The van der Waals surface area contributed by atoms with Crippen molar-refractivity contribution >= 4 is 28.2 Å². The van der Waals surface area contributed by atoms with Crippen molar-refractivity contribution in [2.24, 2.45) is 0 Å². The zero-order valence-electron chi connectivity index (χ0n) is 19.8. The van der Waals surface area contributed by atoms with E-state index >= 15 is 4.39 Å². The van der Waals surface area contributed by atoms with Crippen LogP contribution in [-0.2, 0) is 6.42 Å². The number of piperazine rings is 1. The van der Waals surface area contributed by atoms with E-state index in [1.165, 1.54) is 6.07 Å². The van der Waals surface area contributed by atoms with Gasteiger partial charge in [0.25, 0.3) is 5.91 Å². The average Bonchev–Trinajstić information content (AvgIpc) is 3.70. The molecule has 3 aromatic rings. The summed E-state index contributed by atoms with van der Waals surface area (Å²) in [5.74, 6) is -0.867. The number of fused-ring (bicyclic) bond motifs is 1. The first-order valence-corrected chi connectivity index (χ1v) is 12.2.